The fourth-order valence-electron chi connectivity index (χ4n) is 6.80. The van der Waals surface area contributed by atoms with Crippen LogP contribution in [0.2, 0.25) is 0 Å². The summed E-state index contributed by atoms with van der Waals surface area (Å²) in [6, 6.07) is 0. The SMILES string of the molecule is C[C@@]12CCC[C@H]1[C@@H]1CC=C3CCC(O)(O)C(O)(O)[C@]3(C)[C@H]1CC2. The molecular formula is C19H30O4. The van der Waals surface area contributed by atoms with Crippen LogP contribution >= 0.6 is 0 Å². The molecule has 4 rings (SSSR count). The molecule has 0 radical (unpaired) electrons. The molecule has 0 aromatic rings. The zero-order valence-corrected chi connectivity index (χ0v) is 14.3. The van der Waals surface area contributed by atoms with Gasteiger partial charge < -0.3 is 20.4 Å². The Bertz CT molecular complexity index is 552. The van der Waals surface area contributed by atoms with Crippen molar-refractivity contribution in [2.75, 3.05) is 0 Å². The maximum atomic E-state index is 10.8. The highest BCUT2D eigenvalue weighted by molar-refractivity contribution is 5.30. The van der Waals surface area contributed by atoms with Crippen molar-refractivity contribution in [2.45, 2.75) is 76.8 Å². The molecule has 5 atom stereocenters. The molecular weight excluding hydrogens is 292 g/mol. The molecule has 3 saturated carbocycles. The van der Waals surface area contributed by atoms with Crippen LogP contribution in [0.25, 0.3) is 0 Å². The first-order chi connectivity index (χ1) is 10.6. The van der Waals surface area contributed by atoms with Crippen LogP contribution in [0.5, 0.6) is 0 Å². The van der Waals surface area contributed by atoms with Crippen molar-refractivity contribution in [3.8, 4) is 0 Å². The number of hydrogen-bond acceptors (Lipinski definition) is 4. The van der Waals surface area contributed by atoms with Crippen LogP contribution in [0, 0.1) is 28.6 Å². The van der Waals surface area contributed by atoms with Gasteiger partial charge in [0.25, 0.3) is 0 Å². The van der Waals surface area contributed by atoms with Crippen LogP contribution in [0.15, 0.2) is 11.6 Å². The number of allylic oxidation sites excluding steroid dienone is 1. The van der Waals surface area contributed by atoms with Gasteiger partial charge in [0.1, 0.15) is 0 Å². The van der Waals surface area contributed by atoms with Crippen LogP contribution < -0.4 is 0 Å². The van der Waals surface area contributed by atoms with Crippen LogP contribution in [0.1, 0.15) is 65.2 Å². The lowest BCUT2D eigenvalue weighted by Crippen LogP contribution is -2.70. The summed E-state index contributed by atoms with van der Waals surface area (Å²) in [4.78, 5) is 0. The molecule has 0 amide bonds. The van der Waals surface area contributed by atoms with Gasteiger partial charge in [-0.15, -0.1) is 0 Å². The van der Waals surface area contributed by atoms with Crippen molar-refractivity contribution < 1.29 is 20.4 Å². The highest BCUT2D eigenvalue weighted by Gasteiger charge is 2.69. The highest BCUT2D eigenvalue weighted by Crippen LogP contribution is 2.67. The molecule has 4 aliphatic rings. The first-order valence-electron chi connectivity index (χ1n) is 9.22. The Hall–Kier alpha value is -0.420. The maximum Gasteiger partial charge on any atom is 0.228 e. The van der Waals surface area contributed by atoms with Crippen LogP contribution in [-0.4, -0.2) is 32.0 Å². The van der Waals surface area contributed by atoms with Crippen molar-refractivity contribution in [1.29, 1.82) is 0 Å². The average Bonchev–Trinajstić information content (AvgIpc) is 2.86. The maximum absolute atomic E-state index is 10.8. The summed E-state index contributed by atoms with van der Waals surface area (Å²) >= 11 is 0. The molecule has 130 valence electrons. The van der Waals surface area contributed by atoms with Crippen molar-refractivity contribution in [3.63, 3.8) is 0 Å². The summed E-state index contributed by atoms with van der Waals surface area (Å²) < 4.78 is 0. The Balaban J connectivity index is 1.79. The Morgan fingerprint density at radius 3 is 2.43 bits per heavy atom. The fourth-order valence-corrected chi connectivity index (χ4v) is 6.80. The van der Waals surface area contributed by atoms with Gasteiger partial charge in [-0.2, -0.15) is 0 Å². The standard InChI is InChI=1S/C19H30O4/c1-16-9-3-4-14(16)13-6-5-12-7-11-18(20,21)19(22,23)17(12,2)15(13)8-10-16/h5,13-15,20-23H,3-4,6-11H2,1-2H3/t13-,14-,15-,16-,17-/m0/s1. The number of hydrogen-bond donors (Lipinski definition) is 4. The van der Waals surface area contributed by atoms with E-state index >= 15 is 0 Å². The van der Waals surface area contributed by atoms with E-state index in [4.69, 9.17) is 0 Å². The minimum absolute atomic E-state index is 0.0139. The molecule has 0 aromatic carbocycles. The van der Waals surface area contributed by atoms with E-state index in [0.717, 1.165) is 24.8 Å². The molecule has 4 aliphatic carbocycles. The minimum Gasteiger partial charge on any atom is -0.361 e. The number of rotatable bonds is 0. The van der Waals surface area contributed by atoms with E-state index in [-0.39, 0.29) is 12.3 Å². The van der Waals surface area contributed by atoms with E-state index in [1.165, 1.54) is 19.3 Å². The third kappa shape index (κ3) is 1.81. The molecule has 0 unspecified atom stereocenters. The van der Waals surface area contributed by atoms with Crippen molar-refractivity contribution in [1.82, 2.24) is 0 Å². The first kappa shape index (κ1) is 16.1. The van der Waals surface area contributed by atoms with Crippen LogP contribution in [0.4, 0.5) is 0 Å². The lowest BCUT2D eigenvalue weighted by Gasteiger charge is -2.62. The smallest absolute Gasteiger partial charge is 0.228 e. The van der Waals surface area contributed by atoms with E-state index in [1.54, 1.807) is 0 Å². The second kappa shape index (κ2) is 4.60. The molecule has 4 N–H and O–H groups in total. The molecule has 0 aliphatic heterocycles. The highest BCUT2D eigenvalue weighted by atomic mass is 16.6. The monoisotopic (exact) mass is 322 g/mol. The molecule has 0 saturated heterocycles. The topological polar surface area (TPSA) is 80.9 Å². The second-order valence-corrected chi connectivity index (χ2v) is 9.12. The van der Waals surface area contributed by atoms with Gasteiger partial charge in [-0.25, -0.2) is 0 Å². The zero-order valence-electron chi connectivity index (χ0n) is 14.3. The average molecular weight is 322 g/mol. The van der Waals surface area contributed by atoms with Gasteiger partial charge >= 0.3 is 0 Å². The van der Waals surface area contributed by atoms with E-state index < -0.39 is 17.0 Å². The summed E-state index contributed by atoms with van der Waals surface area (Å²) in [5.41, 5.74) is 0.450. The van der Waals surface area contributed by atoms with Crippen LogP contribution in [0.3, 0.4) is 0 Å². The van der Waals surface area contributed by atoms with Crippen molar-refractivity contribution in [2.24, 2.45) is 28.6 Å². The van der Waals surface area contributed by atoms with Crippen molar-refractivity contribution >= 4 is 0 Å². The van der Waals surface area contributed by atoms with E-state index in [0.29, 0.717) is 23.7 Å². The van der Waals surface area contributed by atoms with Gasteiger partial charge in [0.15, 0.2) is 0 Å². The quantitative estimate of drug-likeness (QED) is 0.407. The zero-order chi connectivity index (χ0) is 16.7. The number of aliphatic hydroxyl groups is 4. The Kier molecular flexibility index (Phi) is 3.21. The Morgan fingerprint density at radius 1 is 0.957 bits per heavy atom. The van der Waals surface area contributed by atoms with E-state index in [2.05, 4.69) is 13.0 Å². The Labute approximate surface area is 138 Å². The summed E-state index contributed by atoms with van der Waals surface area (Å²) in [6.45, 7) is 4.25. The molecule has 3 fully saturated rings. The minimum atomic E-state index is -2.49. The van der Waals surface area contributed by atoms with E-state index in [1.807, 2.05) is 6.92 Å². The van der Waals surface area contributed by atoms with Gasteiger partial charge in [-0.05, 0) is 61.7 Å². The lowest BCUT2D eigenvalue weighted by atomic mass is 9.46. The van der Waals surface area contributed by atoms with Gasteiger partial charge in [-0.1, -0.05) is 31.9 Å². The number of fused-ring (bicyclic) bond motifs is 5. The Morgan fingerprint density at radius 2 is 1.70 bits per heavy atom. The fraction of sp³-hybridized carbons (Fsp3) is 0.895. The van der Waals surface area contributed by atoms with Gasteiger partial charge in [0.2, 0.25) is 11.6 Å². The first-order valence-corrected chi connectivity index (χ1v) is 9.22. The third-order valence-corrected chi connectivity index (χ3v) is 8.29. The predicted molar refractivity (Wildman–Crippen MR) is 86.0 cm³/mol. The summed E-state index contributed by atoms with van der Waals surface area (Å²) in [5.74, 6) is -3.75. The summed E-state index contributed by atoms with van der Waals surface area (Å²) in [6.07, 6.45) is 9.55. The largest absolute Gasteiger partial charge is 0.361 e. The molecule has 0 spiro atoms. The summed E-state index contributed by atoms with van der Waals surface area (Å²) in [5, 5.41) is 42.2. The predicted octanol–water partition coefficient (Wildman–Crippen LogP) is 2.31. The second-order valence-electron chi connectivity index (χ2n) is 9.12. The molecule has 0 bridgehead atoms. The molecule has 4 nitrogen and oxygen atoms in total. The molecule has 4 heteroatoms. The molecule has 0 aromatic heterocycles. The lowest BCUT2D eigenvalue weighted by molar-refractivity contribution is -0.411. The van der Waals surface area contributed by atoms with Gasteiger partial charge in [0, 0.05) is 6.42 Å². The van der Waals surface area contributed by atoms with Gasteiger partial charge in [0.05, 0.1) is 5.41 Å². The van der Waals surface area contributed by atoms with E-state index in [9.17, 15) is 20.4 Å². The third-order valence-electron chi connectivity index (χ3n) is 8.29. The van der Waals surface area contributed by atoms with Crippen LogP contribution in [-0.2, 0) is 0 Å². The normalized spacial score (nSPS) is 50.5. The summed E-state index contributed by atoms with van der Waals surface area (Å²) in [7, 11) is 0. The molecule has 0 heterocycles. The molecule has 23 heavy (non-hydrogen) atoms. The van der Waals surface area contributed by atoms with Gasteiger partial charge in [-0.3, -0.25) is 0 Å². The van der Waals surface area contributed by atoms with Crippen molar-refractivity contribution in [3.05, 3.63) is 11.6 Å².